The Hall–Kier alpha value is -0.120. The second-order valence-electron chi connectivity index (χ2n) is 11.5. The van der Waals surface area contributed by atoms with Crippen LogP contribution < -0.4 is 16.0 Å². The maximum absolute atomic E-state index is 4.31. The molecule has 0 amide bonds. The molecule has 27 heavy (non-hydrogen) atoms. The molecule has 3 aliphatic heterocycles. The minimum atomic E-state index is 0.817. The molecule has 3 heterocycles. The standard InChI is InChI=1S/C24H39N3/c1-4-10-16-13(7-1)19-22(25-16)20-15-9-3-6-12-18(15)27-24(20)21-14-8-2-5-11-17(14)26-23(19)21/h13-27H,1-12H2. The molecule has 0 radical (unpaired) electrons. The maximum atomic E-state index is 4.31. The Morgan fingerprint density at radius 3 is 1.00 bits per heavy atom. The second kappa shape index (κ2) is 6.19. The first-order chi connectivity index (χ1) is 13.4. The van der Waals surface area contributed by atoms with Gasteiger partial charge in [-0.1, -0.05) is 38.5 Å². The Balaban J connectivity index is 1.30. The molecule has 7 aliphatic rings. The lowest BCUT2D eigenvalue weighted by molar-refractivity contribution is 0.0593. The van der Waals surface area contributed by atoms with E-state index in [1.807, 2.05) is 0 Å². The van der Waals surface area contributed by atoms with Gasteiger partial charge in [0.1, 0.15) is 0 Å². The zero-order valence-electron chi connectivity index (χ0n) is 16.9. The minimum Gasteiger partial charge on any atom is -0.310 e. The third-order valence-electron chi connectivity index (χ3n) is 10.6. The summed E-state index contributed by atoms with van der Waals surface area (Å²) in [5.74, 6) is 5.76. The molecule has 3 heteroatoms. The molecule has 3 saturated heterocycles. The van der Waals surface area contributed by atoms with E-state index in [1.165, 1.54) is 77.0 Å². The minimum absolute atomic E-state index is 0.817. The molecule has 6 atom stereocenters. The van der Waals surface area contributed by atoms with Crippen molar-refractivity contribution < 1.29 is 0 Å². The molecule has 7 rings (SSSR count). The lowest BCUT2D eigenvalue weighted by Crippen LogP contribution is -2.60. The molecular weight excluding hydrogens is 330 g/mol. The van der Waals surface area contributed by atoms with Crippen molar-refractivity contribution in [3.63, 3.8) is 0 Å². The average Bonchev–Trinajstić information content (AvgIpc) is 3.38. The van der Waals surface area contributed by atoms with Gasteiger partial charge >= 0.3 is 0 Å². The first-order valence-corrected chi connectivity index (χ1v) is 12.7. The van der Waals surface area contributed by atoms with E-state index in [1.54, 1.807) is 0 Å². The van der Waals surface area contributed by atoms with E-state index in [0.29, 0.717) is 0 Å². The van der Waals surface area contributed by atoms with Gasteiger partial charge in [0, 0.05) is 36.3 Å². The average molecular weight is 370 g/mol. The number of nitrogens with one attached hydrogen (secondary N) is 3. The van der Waals surface area contributed by atoms with Crippen molar-refractivity contribution in [1.29, 1.82) is 0 Å². The lowest BCUT2D eigenvalue weighted by Gasteiger charge is -2.49. The van der Waals surface area contributed by atoms with E-state index >= 15 is 0 Å². The number of hydrogen-bond donors (Lipinski definition) is 3. The molecule has 0 spiro atoms. The van der Waals surface area contributed by atoms with Crippen molar-refractivity contribution >= 4 is 0 Å². The Morgan fingerprint density at radius 2 is 0.667 bits per heavy atom. The van der Waals surface area contributed by atoms with Gasteiger partial charge in [0.2, 0.25) is 0 Å². The highest BCUT2D eigenvalue weighted by atomic mass is 15.2. The van der Waals surface area contributed by atoms with Gasteiger partial charge < -0.3 is 16.0 Å². The zero-order valence-corrected chi connectivity index (χ0v) is 16.9. The van der Waals surface area contributed by atoms with Gasteiger partial charge in [0.15, 0.2) is 0 Å². The van der Waals surface area contributed by atoms with E-state index < -0.39 is 0 Å². The highest BCUT2D eigenvalue weighted by Gasteiger charge is 2.66. The summed E-state index contributed by atoms with van der Waals surface area (Å²) in [5.41, 5.74) is 0. The van der Waals surface area contributed by atoms with Crippen molar-refractivity contribution in [2.45, 2.75) is 113 Å². The van der Waals surface area contributed by atoms with E-state index in [0.717, 1.165) is 71.8 Å². The van der Waals surface area contributed by atoms with Crippen LogP contribution in [0.3, 0.4) is 0 Å². The molecular formula is C24H39N3. The summed E-state index contributed by atoms with van der Waals surface area (Å²) < 4.78 is 0. The van der Waals surface area contributed by atoms with Crippen LogP contribution in [0.15, 0.2) is 0 Å². The van der Waals surface area contributed by atoms with Crippen molar-refractivity contribution in [3.05, 3.63) is 0 Å². The summed E-state index contributed by atoms with van der Waals surface area (Å²) in [4.78, 5) is 0. The van der Waals surface area contributed by atoms with Crippen molar-refractivity contribution in [2.75, 3.05) is 0 Å². The van der Waals surface area contributed by atoms with Crippen LogP contribution in [-0.4, -0.2) is 36.3 Å². The largest absolute Gasteiger partial charge is 0.310 e. The molecule has 0 aromatic heterocycles. The topological polar surface area (TPSA) is 36.1 Å². The van der Waals surface area contributed by atoms with Crippen LogP contribution in [0.5, 0.6) is 0 Å². The van der Waals surface area contributed by atoms with Gasteiger partial charge in [-0.15, -0.1) is 0 Å². The Kier molecular flexibility index (Phi) is 3.82. The van der Waals surface area contributed by atoms with Crippen molar-refractivity contribution in [3.8, 4) is 0 Å². The molecule has 150 valence electrons. The number of rotatable bonds is 0. The smallest absolute Gasteiger partial charge is 0.0163 e. The Labute approximate surface area is 165 Å². The lowest BCUT2D eigenvalue weighted by atomic mass is 9.57. The van der Waals surface area contributed by atoms with Crippen LogP contribution in [0.4, 0.5) is 0 Å². The molecule has 3 N–H and O–H groups in total. The maximum Gasteiger partial charge on any atom is 0.0163 e. The van der Waals surface area contributed by atoms with Crippen molar-refractivity contribution in [2.24, 2.45) is 35.5 Å². The molecule has 0 bridgehead atoms. The van der Waals surface area contributed by atoms with Gasteiger partial charge in [0.05, 0.1) is 0 Å². The summed E-state index contributed by atoms with van der Waals surface area (Å²) in [7, 11) is 0. The van der Waals surface area contributed by atoms with Crippen LogP contribution in [0.1, 0.15) is 77.0 Å². The zero-order chi connectivity index (χ0) is 17.5. The van der Waals surface area contributed by atoms with Crippen molar-refractivity contribution in [1.82, 2.24) is 16.0 Å². The van der Waals surface area contributed by atoms with Crippen LogP contribution in [0.25, 0.3) is 0 Å². The predicted molar refractivity (Wildman–Crippen MR) is 108 cm³/mol. The van der Waals surface area contributed by atoms with E-state index in [-0.39, 0.29) is 0 Å². The Bertz CT molecular complexity index is 499. The van der Waals surface area contributed by atoms with Crippen LogP contribution >= 0.6 is 0 Å². The molecule has 0 aromatic rings. The van der Waals surface area contributed by atoms with E-state index in [9.17, 15) is 0 Å². The monoisotopic (exact) mass is 369 g/mol. The van der Waals surface area contributed by atoms with Crippen LogP contribution in [0.2, 0.25) is 0 Å². The highest BCUT2D eigenvalue weighted by Crippen LogP contribution is 2.58. The fourth-order valence-corrected chi connectivity index (χ4v) is 9.93. The quantitative estimate of drug-likeness (QED) is 0.612. The third-order valence-corrected chi connectivity index (χ3v) is 10.6. The summed E-state index contributed by atoms with van der Waals surface area (Å²) >= 11 is 0. The first kappa shape index (κ1) is 16.7. The van der Waals surface area contributed by atoms with Gasteiger partial charge in [-0.2, -0.15) is 0 Å². The third kappa shape index (κ3) is 2.26. The molecule has 4 saturated carbocycles. The SMILES string of the molecule is C1CCC2C(C1)NC1C2C2NC3CCCCC3C2C2NC3CCCCC3C12. The van der Waals surface area contributed by atoms with Gasteiger partial charge in [0.25, 0.3) is 0 Å². The highest BCUT2D eigenvalue weighted by molar-refractivity contribution is 5.22. The summed E-state index contributed by atoms with van der Waals surface area (Å²) in [6.07, 6.45) is 17.8. The summed E-state index contributed by atoms with van der Waals surface area (Å²) in [5, 5.41) is 12.9. The predicted octanol–water partition coefficient (Wildman–Crippen LogP) is 3.44. The molecule has 7 fully saturated rings. The van der Waals surface area contributed by atoms with Crippen LogP contribution in [-0.2, 0) is 0 Å². The van der Waals surface area contributed by atoms with Gasteiger partial charge in [-0.05, 0) is 74.0 Å². The summed E-state index contributed by atoms with van der Waals surface area (Å²) in [6, 6.07) is 4.99. The molecule has 4 aliphatic carbocycles. The normalized spacial score (nSPS) is 61.3. The number of fused-ring (bicyclic) bond motifs is 12. The molecule has 0 aromatic carbocycles. The second-order valence-corrected chi connectivity index (χ2v) is 11.5. The molecule has 6 unspecified atom stereocenters. The fraction of sp³-hybridized carbons (Fsp3) is 1.00. The van der Waals surface area contributed by atoms with Crippen LogP contribution in [0, 0.1) is 35.5 Å². The van der Waals surface area contributed by atoms with Gasteiger partial charge in [-0.3, -0.25) is 0 Å². The first-order valence-electron chi connectivity index (χ1n) is 12.7. The fourth-order valence-electron chi connectivity index (χ4n) is 9.93. The van der Waals surface area contributed by atoms with E-state index in [4.69, 9.17) is 0 Å². The Morgan fingerprint density at radius 1 is 0.370 bits per heavy atom. The van der Waals surface area contributed by atoms with E-state index in [2.05, 4.69) is 16.0 Å². The molecule has 3 nitrogen and oxygen atoms in total. The van der Waals surface area contributed by atoms with Gasteiger partial charge in [-0.25, -0.2) is 0 Å². The summed E-state index contributed by atoms with van der Waals surface area (Å²) in [6.45, 7) is 0. The number of hydrogen-bond acceptors (Lipinski definition) is 3.